The molecular weight excluding hydrogens is 461 g/mol. The number of alkyl halides is 3. The lowest BCUT2D eigenvalue weighted by molar-refractivity contribution is -0.122. The molecule has 2 aromatic heterocycles. The first-order chi connectivity index (χ1) is 16.9. The third-order valence-electron chi connectivity index (χ3n) is 5.91. The Morgan fingerprint density at radius 2 is 2.03 bits per heavy atom. The van der Waals surface area contributed by atoms with Crippen LogP contribution in [0.4, 0.5) is 23.7 Å². The number of amides is 2. The number of piperidine rings is 1. The van der Waals surface area contributed by atoms with E-state index in [0.29, 0.717) is 18.8 Å². The number of hydrogen-bond donors (Lipinski definition) is 4. The number of rotatable bonds is 9. The highest BCUT2D eigenvalue weighted by Crippen LogP contribution is 2.24. The summed E-state index contributed by atoms with van der Waals surface area (Å²) in [6.07, 6.45) is 2.60. The first kappa shape index (κ1) is 25.0. The SMILES string of the molecule is O=C(NCC(F)(F)F)Nc1cccc(-c2cnc3cc(CNOCCC4CCNCC4)ccn23)c1. The average molecular weight is 491 g/mol. The van der Waals surface area contributed by atoms with E-state index in [2.05, 4.69) is 21.1 Å². The Labute approximate surface area is 201 Å². The molecule has 1 aliphatic heterocycles. The van der Waals surface area contributed by atoms with Crippen LogP contribution >= 0.6 is 0 Å². The predicted octanol–water partition coefficient (Wildman–Crippen LogP) is 4.10. The highest BCUT2D eigenvalue weighted by atomic mass is 19.4. The van der Waals surface area contributed by atoms with Crippen molar-refractivity contribution in [1.29, 1.82) is 0 Å². The first-order valence-electron chi connectivity index (χ1n) is 11.6. The number of nitrogens with one attached hydrogen (secondary N) is 4. The Bertz CT molecular complexity index is 1130. The van der Waals surface area contributed by atoms with Gasteiger partial charge in [0.05, 0.1) is 18.5 Å². The van der Waals surface area contributed by atoms with Crippen LogP contribution in [0.2, 0.25) is 0 Å². The number of hydrogen-bond acceptors (Lipinski definition) is 5. The fourth-order valence-electron chi connectivity index (χ4n) is 4.06. The molecule has 188 valence electrons. The molecule has 1 aromatic carbocycles. The highest BCUT2D eigenvalue weighted by Gasteiger charge is 2.27. The standard InChI is InChI=1S/C24H29F3N6O2/c25-24(26,27)16-30-23(34)32-20-3-1-2-19(13-20)21-15-29-22-12-18(6-10-33(21)22)14-31-35-11-7-17-4-8-28-9-5-17/h1-3,6,10,12-13,15,17,28,31H,4-5,7-9,11,14,16H2,(H2,30,32,34). The second-order valence-corrected chi connectivity index (χ2v) is 8.56. The van der Waals surface area contributed by atoms with Gasteiger partial charge in [-0.2, -0.15) is 18.7 Å². The molecule has 0 unspecified atom stereocenters. The molecule has 0 atom stereocenters. The van der Waals surface area contributed by atoms with Gasteiger partial charge in [-0.05, 0) is 68.1 Å². The number of nitrogens with zero attached hydrogens (tertiary/aromatic N) is 2. The van der Waals surface area contributed by atoms with Gasteiger partial charge in [-0.15, -0.1) is 0 Å². The van der Waals surface area contributed by atoms with Gasteiger partial charge in [-0.1, -0.05) is 12.1 Å². The summed E-state index contributed by atoms with van der Waals surface area (Å²) < 4.78 is 38.8. The molecule has 3 heterocycles. The van der Waals surface area contributed by atoms with Crippen LogP contribution in [-0.4, -0.2) is 47.8 Å². The summed E-state index contributed by atoms with van der Waals surface area (Å²) in [5.41, 5.74) is 6.71. The molecule has 1 fully saturated rings. The number of benzene rings is 1. The van der Waals surface area contributed by atoms with Crippen LogP contribution in [0.15, 0.2) is 48.8 Å². The predicted molar refractivity (Wildman–Crippen MR) is 127 cm³/mol. The molecule has 0 saturated carbocycles. The van der Waals surface area contributed by atoms with Gasteiger partial charge >= 0.3 is 12.2 Å². The Balaban J connectivity index is 1.32. The quantitative estimate of drug-likeness (QED) is 0.268. The molecule has 4 rings (SSSR count). The van der Waals surface area contributed by atoms with Crippen LogP contribution in [0.1, 0.15) is 24.8 Å². The number of halogens is 3. The van der Waals surface area contributed by atoms with Crippen molar-refractivity contribution in [3.8, 4) is 11.3 Å². The molecule has 0 spiro atoms. The van der Waals surface area contributed by atoms with Gasteiger partial charge < -0.3 is 20.8 Å². The van der Waals surface area contributed by atoms with E-state index in [1.807, 2.05) is 28.8 Å². The van der Waals surface area contributed by atoms with E-state index < -0.39 is 18.8 Å². The Morgan fingerprint density at radius 1 is 1.20 bits per heavy atom. The van der Waals surface area contributed by atoms with E-state index in [4.69, 9.17) is 4.84 Å². The molecular formula is C24H29F3N6O2. The topological polar surface area (TPSA) is 91.7 Å². The van der Waals surface area contributed by atoms with Gasteiger partial charge in [0.1, 0.15) is 12.2 Å². The average Bonchev–Trinajstić information content (AvgIpc) is 3.26. The maximum absolute atomic E-state index is 12.3. The number of pyridine rings is 1. The molecule has 1 saturated heterocycles. The summed E-state index contributed by atoms with van der Waals surface area (Å²) in [5, 5.41) is 7.58. The molecule has 2 amide bonds. The smallest absolute Gasteiger partial charge is 0.329 e. The number of imidazole rings is 1. The second-order valence-electron chi connectivity index (χ2n) is 8.56. The number of aromatic nitrogens is 2. The van der Waals surface area contributed by atoms with Crippen molar-refractivity contribution >= 4 is 17.4 Å². The molecule has 0 bridgehead atoms. The van der Waals surface area contributed by atoms with E-state index in [1.165, 1.54) is 12.8 Å². The van der Waals surface area contributed by atoms with Crippen LogP contribution < -0.4 is 21.4 Å². The van der Waals surface area contributed by atoms with Crippen molar-refractivity contribution in [1.82, 2.24) is 25.5 Å². The van der Waals surface area contributed by atoms with Crippen LogP contribution in [0, 0.1) is 5.92 Å². The van der Waals surface area contributed by atoms with Crippen LogP contribution in [-0.2, 0) is 11.4 Å². The van der Waals surface area contributed by atoms with Crippen LogP contribution in [0.25, 0.3) is 16.9 Å². The third-order valence-corrected chi connectivity index (χ3v) is 5.91. The van der Waals surface area contributed by atoms with E-state index in [1.54, 1.807) is 29.7 Å². The maximum Gasteiger partial charge on any atom is 0.405 e. The molecule has 4 N–H and O–H groups in total. The van der Waals surface area contributed by atoms with Gasteiger partial charge in [0.25, 0.3) is 0 Å². The van der Waals surface area contributed by atoms with E-state index in [-0.39, 0.29) is 0 Å². The lowest BCUT2D eigenvalue weighted by Crippen LogP contribution is -2.36. The molecule has 3 aromatic rings. The minimum absolute atomic E-state index is 0.375. The van der Waals surface area contributed by atoms with Gasteiger partial charge in [-0.25, -0.2) is 9.78 Å². The minimum Gasteiger partial charge on any atom is -0.329 e. The second kappa shape index (κ2) is 11.5. The molecule has 8 nitrogen and oxygen atoms in total. The third kappa shape index (κ3) is 7.41. The highest BCUT2D eigenvalue weighted by molar-refractivity contribution is 5.90. The van der Waals surface area contributed by atoms with Crippen LogP contribution in [0.5, 0.6) is 0 Å². The number of carbonyl (C=O) groups excluding carboxylic acids is 1. The maximum atomic E-state index is 12.3. The lowest BCUT2D eigenvalue weighted by atomic mass is 9.95. The van der Waals surface area contributed by atoms with Crippen molar-refractivity contribution in [2.75, 3.05) is 31.6 Å². The number of carbonyl (C=O) groups is 1. The summed E-state index contributed by atoms with van der Waals surface area (Å²) in [7, 11) is 0. The summed E-state index contributed by atoms with van der Waals surface area (Å²) in [6, 6.07) is 9.85. The Kier molecular flexibility index (Phi) is 8.21. The largest absolute Gasteiger partial charge is 0.405 e. The molecule has 1 aliphatic rings. The zero-order valence-corrected chi connectivity index (χ0v) is 19.2. The zero-order chi connectivity index (χ0) is 24.7. The molecule has 0 aliphatic carbocycles. The number of anilines is 1. The summed E-state index contributed by atoms with van der Waals surface area (Å²) in [6.45, 7) is 2.01. The summed E-state index contributed by atoms with van der Waals surface area (Å²) in [4.78, 5) is 21.8. The number of urea groups is 1. The van der Waals surface area contributed by atoms with Crippen molar-refractivity contribution < 1.29 is 22.8 Å². The van der Waals surface area contributed by atoms with E-state index >= 15 is 0 Å². The molecule has 11 heteroatoms. The van der Waals surface area contributed by atoms with Crippen molar-refractivity contribution in [2.24, 2.45) is 5.92 Å². The van der Waals surface area contributed by atoms with Gasteiger partial charge in [0.2, 0.25) is 0 Å². The summed E-state index contributed by atoms with van der Waals surface area (Å²) >= 11 is 0. The van der Waals surface area contributed by atoms with Gasteiger partial charge in [0.15, 0.2) is 0 Å². The molecule has 0 radical (unpaired) electrons. The Hall–Kier alpha value is -3.15. The normalized spacial score (nSPS) is 14.8. The van der Waals surface area contributed by atoms with Gasteiger partial charge in [-0.3, -0.25) is 4.40 Å². The fraction of sp³-hybridized carbons (Fsp3) is 0.417. The van der Waals surface area contributed by atoms with Crippen molar-refractivity contribution in [3.63, 3.8) is 0 Å². The van der Waals surface area contributed by atoms with Gasteiger partial charge in [0, 0.05) is 24.0 Å². The van der Waals surface area contributed by atoms with Crippen molar-refractivity contribution in [3.05, 3.63) is 54.4 Å². The molecule has 35 heavy (non-hydrogen) atoms. The fourth-order valence-corrected chi connectivity index (χ4v) is 4.06. The minimum atomic E-state index is -4.47. The van der Waals surface area contributed by atoms with E-state index in [0.717, 1.165) is 47.9 Å². The zero-order valence-electron chi connectivity index (χ0n) is 19.2. The lowest BCUT2D eigenvalue weighted by Gasteiger charge is -2.22. The number of fused-ring (bicyclic) bond motifs is 1. The Morgan fingerprint density at radius 3 is 2.83 bits per heavy atom. The summed E-state index contributed by atoms with van der Waals surface area (Å²) in [5.74, 6) is 0.723. The van der Waals surface area contributed by atoms with Crippen molar-refractivity contribution in [2.45, 2.75) is 32.0 Å². The monoisotopic (exact) mass is 490 g/mol. The first-order valence-corrected chi connectivity index (χ1v) is 11.6. The van der Waals surface area contributed by atoms with E-state index in [9.17, 15) is 18.0 Å². The number of hydroxylamine groups is 1. The van der Waals surface area contributed by atoms with Crippen LogP contribution in [0.3, 0.4) is 0 Å².